The highest BCUT2D eigenvalue weighted by Gasteiger charge is 2.39. The Morgan fingerprint density at radius 2 is 2.14 bits per heavy atom. The third-order valence-corrected chi connectivity index (χ3v) is 4.38. The van der Waals surface area contributed by atoms with E-state index < -0.39 is 0 Å². The summed E-state index contributed by atoms with van der Waals surface area (Å²) >= 11 is 0. The molecule has 2 aliphatic rings. The third-order valence-electron chi connectivity index (χ3n) is 4.38. The average Bonchev–Trinajstić information content (AvgIpc) is 2.48. The van der Waals surface area contributed by atoms with Crippen LogP contribution in [-0.4, -0.2) is 63.7 Å². The number of hydrogen-bond acceptors (Lipinski definition) is 5. The fourth-order valence-electron chi connectivity index (χ4n) is 3.12. The van der Waals surface area contributed by atoms with Crippen LogP contribution >= 0.6 is 0 Å². The number of carbonyl (C=O) groups excluding carboxylic acids is 1. The van der Waals surface area contributed by atoms with Gasteiger partial charge in [0, 0.05) is 39.5 Å². The minimum absolute atomic E-state index is 0.0274. The van der Waals surface area contributed by atoms with Gasteiger partial charge in [-0.1, -0.05) is 0 Å². The fraction of sp³-hybridized carbons (Fsp3) is 0.933. The Morgan fingerprint density at radius 1 is 1.38 bits per heavy atom. The van der Waals surface area contributed by atoms with Gasteiger partial charge in [-0.2, -0.15) is 0 Å². The van der Waals surface area contributed by atoms with Crippen LogP contribution in [0.15, 0.2) is 0 Å². The number of amides is 1. The van der Waals surface area contributed by atoms with E-state index in [2.05, 4.69) is 10.6 Å². The highest BCUT2D eigenvalue weighted by Crippen LogP contribution is 2.34. The quantitative estimate of drug-likeness (QED) is 0.697. The largest absolute Gasteiger partial charge is 0.383 e. The lowest BCUT2D eigenvalue weighted by atomic mass is 9.84. The van der Waals surface area contributed by atoms with Gasteiger partial charge in [0.05, 0.1) is 18.2 Å². The molecule has 21 heavy (non-hydrogen) atoms. The van der Waals surface area contributed by atoms with Gasteiger partial charge in [0.25, 0.3) is 0 Å². The summed E-state index contributed by atoms with van der Waals surface area (Å²) in [6, 6.07) is 0.141. The maximum Gasteiger partial charge on any atom is 0.236 e. The smallest absolute Gasteiger partial charge is 0.236 e. The lowest BCUT2D eigenvalue weighted by Crippen LogP contribution is -2.54. The summed E-state index contributed by atoms with van der Waals surface area (Å²) in [6.07, 6.45) is 3.84. The minimum Gasteiger partial charge on any atom is -0.383 e. The van der Waals surface area contributed by atoms with Gasteiger partial charge in [0.1, 0.15) is 0 Å². The molecule has 2 atom stereocenters. The van der Waals surface area contributed by atoms with Crippen LogP contribution in [0.1, 0.15) is 32.6 Å². The van der Waals surface area contributed by atoms with Crippen LogP contribution in [0, 0.1) is 0 Å². The van der Waals surface area contributed by atoms with Gasteiger partial charge in [-0.05, 0) is 32.6 Å². The molecule has 1 amide bonds. The van der Waals surface area contributed by atoms with Crippen molar-refractivity contribution in [3.05, 3.63) is 0 Å². The Kier molecular flexibility index (Phi) is 6.41. The summed E-state index contributed by atoms with van der Waals surface area (Å²) in [5.41, 5.74) is -0.0413. The SMILES string of the molecule is COCCNC(=O)C(C)NC1CCOC2(CCOCC2)C1. The van der Waals surface area contributed by atoms with Crippen LogP contribution < -0.4 is 10.6 Å². The predicted octanol–water partition coefficient (Wildman–Crippen LogP) is 0.455. The van der Waals surface area contributed by atoms with Crippen molar-refractivity contribution < 1.29 is 19.0 Å². The van der Waals surface area contributed by atoms with Gasteiger partial charge < -0.3 is 24.8 Å². The van der Waals surface area contributed by atoms with Crippen LogP contribution in [0.3, 0.4) is 0 Å². The van der Waals surface area contributed by atoms with E-state index in [1.165, 1.54) is 0 Å². The number of nitrogens with one attached hydrogen (secondary N) is 2. The molecule has 2 heterocycles. The van der Waals surface area contributed by atoms with E-state index in [1.807, 2.05) is 6.92 Å². The molecule has 2 rings (SSSR count). The van der Waals surface area contributed by atoms with E-state index in [0.717, 1.165) is 45.5 Å². The molecule has 0 aromatic heterocycles. The molecule has 0 aromatic carbocycles. The predicted molar refractivity (Wildman–Crippen MR) is 79.2 cm³/mol. The lowest BCUT2D eigenvalue weighted by molar-refractivity contribution is -0.142. The maximum absolute atomic E-state index is 12.0. The number of methoxy groups -OCH3 is 1. The molecule has 2 aliphatic heterocycles. The monoisotopic (exact) mass is 300 g/mol. The van der Waals surface area contributed by atoms with Crippen molar-refractivity contribution in [3.8, 4) is 0 Å². The standard InChI is InChI=1S/C15H28N2O4/c1-12(14(18)16-6-10-19-2)17-13-3-7-21-15(11-13)4-8-20-9-5-15/h12-13,17H,3-11H2,1-2H3,(H,16,18). The van der Waals surface area contributed by atoms with Gasteiger partial charge in [0.2, 0.25) is 5.91 Å². The maximum atomic E-state index is 12.0. The molecule has 0 aromatic rings. The van der Waals surface area contributed by atoms with E-state index in [0.29, 0.717) is 19.2 Å². The summed E-state index contributed by atoms with van der Waals surface area (Å²) in [5, 5.41) is 6.31. The zero-order valence-corrected chi connectivity index (χ0v) is 13.2. The molecule has 0 radical (unpaired) electrons. The van der Waals surface area contributed by atoms with E-state index in [4.69, 9.17) is 14.2 Å². The molecule has 1 spiro atoms. The first-order valence-corrected chi connectivity index (χ1v) is 7.90. The van der Waals surface area contributed by atoms with E-state index in [1.54, 1.807) is 7.11 Å². The van der Waals surface area contributed by atoms with E-state index in [9.17, 15) is 4.79 Å². The van der Waals surface area contributed by atoms with Gasteiger partial charge in [0.15, 0.2) is 0 Å². The Hall–Kier alpha value is -0.690. The molecular formula is C15H28N2O4. The lowest BCUT2D eigenvalue weighted by Gasteiger charge is -2.44. The first-order valence-electron chi connectivity index (χ1n) is 7.90. The number of carbonyl (C=O) groups is 1. The van der Waals surface area contributed by atoms with Gasteiger partial charge in [-0.15, -0.1) is 0 Å². The molecule has 2 N–H and O–H groups in total. The topological polar surface area (TPSA) is 68.8 Å². The molecule has 122 valence electrons. The Morgan fingerprint density at radius 3 is 2.86 bits per heavy atom. The van der Waals surface area contributed by atoms with Crippen molar-refractivity contribution in [2.75, 3.05) is 40.1 Å². The van der Waals surface area contributed by atoms with Gasteiger partial charge >= 0.3 is 0 Å². The van der Waals surface area contributed by atoms with Crippen molar-refractivity contribution in [1.82, 2.24) is 10.6 Å². The summed E-state index contributed by atoms with van der Waals surface area (Å²) < 4.78 is 16.4. The van der Waals surface area contributed by atoms with E-state index in [-0.39, 0.29) is 17.6 Å². The Labute approximate surface area is 126 Å². The molecule has 0 saturated carbocycles. The van der Waals surface area contributed by atoms with Crippen molar-refractivity contribution >= 4 is 5.91 Å². The van der Waals surface area contributed by atoms with Gasteiger partial charge in [-0.3, -0.25) is 4.79 Å². The summed E-state index contributed by atoms with van der Waals surface area (Å²) in [5.74, 6) is 0.0274. The number of ether oxygens (including phenoxy) is 3. The zero-order chi connectivity index (χ0) is 15.1. The summed E-state index contributed by atoms with van der Waals surface area (Å²) in [7, 11) is 1.63. The second-order valence-electron chi connectivity index (χ2n) is 6.01. The van der Waals surface area contributed by atoms with Crippen molar-refractivity contribution in [3.63, 3.8) is 0 Å². The van der Waals surface area contributed by atoms with Crippen LogP contribution in [0.2, 0.25) is 0 Å². The number of hydrogen-bond donors (Lipinski definition) is 2. The summed E-state index contributed by atoms with van der Waals surface area (Å²) in [6.45, 7) is 5.32. The highest BCUT2D eigenvalue weighted by molar-refractivity contribution is 5.81. The second kappa shape index (κ2) is 8.08. The second-order valence-corrected chi connectivity index (χ2v) is 6.01. The third kappa shape index (κ3) is 4.92. The molecule has 0 bridgehead atoms. The van der Waals surface area contributed by atoms with Crippen LogP contribution in [-0.2, 0) is 19.0 Å². The molecule has 2 fully saturated rings. The fourth-order valence-corrected chi connectivity index (χ4v) is 3.12. The average molecular weight is 300 g/mol. The van der Waals surface area contributed by atoms with Crippen LogP contribution in [0.25, 0.3) is 0 Å². The van der Waals surface area contributed by atoms with Crippen LogP contribution in [0.5, 0.6) is 0 Å². The van der Waals surface area contributed by atoms with Crippen LogP contribution in [0.4, 0.5) is 0 Å². The molecule has 2 saturated heterocycles. The molecule has 6 nitrogen and oxygen atoms in total. The first-order chi connectivity index (χ1) is 10.2. The Balaban J connectivity index is 1.77. The van der Waals surface area contributed by atoms with Gasteiger partial charge in [-0.25, -0.2) is 0 Å². The summed E-state index contributed by atoms with van der Waals surface area (Å²) in [4.78, 5) is 12.0. The highest BCUT2D eigenvalue weighted by atomic mass is 16.5. The van der Waals surface area contributed by atoms with Crippen molar-refractivity contribution in [2.24, 2.45) is 0 Å². The molecule has 6 heteroatoms. The normalized spacial score (nSPS) is 26.5. The molecular weight excluding hydrogens is 272 g/mol. The number of rotatable bonds is 6. The van der Waals surface area contributed by atoms with Crippen molar-refractivity contribution in [2.45, 2.75) is 50.3 Å². The molecule has 0 aliphatic carbocycles. The Bertz CT molecular complexity index is 326. The van der Waals surface area contributed by atoms with E-state index >= 15 is 0 Å². The van der Waals surface area contributed by atoms with Crippen molar-refractivity contribution in [1.29, 1.82) is 0 Å². The first kappa shape index (κ1) is 16.7. The molecule has 2 unspecified atom stereocenters. The minimum atomic E-state index is -0.193. The zero-order valence-electron chi connectivity index (χ0n) is 13.2.